The van der Waals surface area contributed by atoms with Gasteiger partial charge in [0.15, 0.2) is 0 Å². The van der Waals surface area contributed by atoms with Crippen molar-refractivity contribution in [2.75, 3.05) is 37.7 Å². The third-order valence-electron chi connectivity index (χ3n) is 2.24. The fourth-order valence-corrected chi connectivity index (χ4v) is 3.28. The zero-order valence-electron chi connectivity index (χ0n) is 10.5. The SMILES string of the molecule is C=CCN(CCCCC)CCSSCCN. The Balaban J connectivity index is 3.47. The molecule has 0 rings (SSSR count). The van der Waals surface area contributed by atoms with Crippen molar-refractivity contribution in [2.45, 2.75) is 26.2 Å². The van der Waals surface area contributed by atoms with Crippen LogP contribution in [0.2, 0.25) is 0 Å². The molecule has 0 aromatic rings. The fourth-order valence-electron chi connectivity index (χ4n) is 1.39. The van der Waals surface area contributed by atoms with Crippen molar-refractivity contribution in [2.24, 2.45) is 5.73 Å². The van der Waals surface area contributed by atoms with Crippen LogP contribution in [0, 0.1) is 0 Å². The Morgan fingerprint density at radius 3 is 2.56 bits per heavy atom. The molecule has 0 heterocycles. The quantitative estimate of drug-likeness (QED) is 0.333. The number of nitrogens with zero attached hydrogens (tertiary/aromatic N) is 1. The minimum atomic E-state index is 0.782. The van der Waals surface area contributed by atoms with E-state index in [4.69, 9.17) is 5.73 Å². The Kier molecular flexibility index (Phi) is 13.7. The van der Waals surface area contributed by atoms with Gasteiger partial charge in [-0.25, -0.2) is 0 Å². The van der Waals surface area contributed by atoms with E-state index in [0.29, 0.717) is 0 Å². The summed E-state index contributed by atoms with van der Waals surface area (Å²) in [5.74, 6) is 2.24. The molecule has 0 bridgehead atoms. The summed E-state index contributed by atoms with van der Waals surface area (Å²) in [6.45, 7) is 10.2. The van der Waals surface area contributed by atoms with Gasteiger partial charge < -0.3 is 5.73 Å². The second-order valence-electron chi connectivity index (χ2n) is 3.73. The number of rotatable bonds is 12. The zero-order chi connectivity index (χ0) is 12.1. The van der Waals surface area contributed by atoms with E-state index in [-0.39, 0.29) is 0 Å². The van der Waals surface area contributed by atoms with E-state index < -0.39 is 0 Å². The Labute approximate surface area is 109 Å². The smallest absolute Gasteiger partial charge is 0.0165 e. The highest BCUT2D eigenvalue weighted by Gasteiger charge is 2.02. The Hall–Kier alpha value is 0.360. The highest BCUT2D eigenvalue weighted by atomic mass is 33.1. The van der Waals surface area contributed by atoms with E-state index in [0.717, 1.165) is 25.4 Å². The summed E-state index contributed by atoms with van der Waals surface area (Å²) in [6, 6.07) is 0. The van der Waals surface area contributed by atoms with Crippen LogP contribution in [0.25, 0.3) is 0 Å². The molecule has 96 valence electrons. The number of nitrogens with two attached hydrogens (primary N) is 1. The van der Waals surface area contributed by atoms with Crippen molar-refractivity contribution in [1.29, 1.82) is 0 Å². The highest BCUT2D eigenvalue weighted by Crippen LogP contribution is 2.19. The number of unbranched alkanes of at least 4 members (excludes halogenated alkanes) is 2. The summed E-state index contributed by atoms with van der Waals surface area (Å²) in [7, 11) is 3.81. The first-order valence-corrected chi connectivity index (χ1v) is 8.61. The van der Waals surface area contributed by atoms with Crippen molar-refractivity contribution in [3.8, 4) is 0 Å². The van der Waals surface area contributed by atoms with Gasteiger partial charge in [-0.3, -0.25) is 4.90 Å². The minimum absolute atomic E-state index is 0.782. The van der Waals surface area contributed by atoms with Crippen LogP contribution < -0.4 is 5.73 Å². The first-order chi connectivity index (χ1) is 7.85. The van der Waals surface area contributed by atoms with Gasteiger partial charge >= 0.3 is 0 Å². The first kappa shape index (κ1) is 16.4. The van der Waals surface area contributed by atoms with Gasteiger partial charge in [0.25, 0.3) is 0 Å². The molecule has 2 N–H and O–H groups in total. The van der Waals surface area contributed by atoms with Crippen LogP contribution in [0.15, 0.2) is 12.7 Å². The van der Waals surface area contributed by atoms with Gasteiger partial charge in [-0.2, -0.15) is 0 Å². The topological polar surface area (TPSA) is 29.3 Å². The van der Waals surface area contributed by atoms with E-state index in [1.807, 2.05) is 27.7 Å². The number of hydrogen-bond acceptors (Lipinski definition) is 4. The van der Waals surface area contributed by atoms with Crippen LogP contribution >= 0.6 is 21.6 Å². The third-order valence-corrected chi connectivity index (χ3v) is 4.66. The molecule has 16 heavy (non-hydrogen) atoms. The molecule has 0 amide bonds. The van der Waals surface area contributed by atoms with Crippen molar-refractivity contribution in [1.82, 2.24) is 4.90 Å². The molecule has 2 nitrogen and oxygen atoms in total. The molecule has 4 heteroatoms. The summed E-state index contributed by atoms with van der Waals surface area (Å²) >= 11 is 0. The van der Waals surface area contributed by atoms with Gasteiger partial charge in [0, 0.05) is 31.1 Å². The largest absolute Gasteiger partial charge is 0.330 e. The third kappa shape index (κ3) is 10.9. The Bertz CT molecular complexity index is 154. The summed E-state index contributed by atoms with van der Waals surface area (Å²) in [5.41, 5.74) is 5.44. The first-order valence-electron chi connectivity index (χ1n) is 6.12. The Morgan fingerprint density at radius 1 is 1.19 bits per heavy atom. The maximum Gasteiger partial charge on any atom is 0.0165 e. The molecule has 0 atom stereocenters. The second-order valence-corrected chi connectivity index (χ2v) is 6.43. The highest BCUT2D eigenvalue weighted by molar-refractivity contribution is 8.76. The van der Waals surface area contributed by atoms with E-state index in [1.54, 1.807) is 0 Å². The molecular formula is C12H26N2S2. The van der Waals surface area contributed by atoms with Crippen LogP contribution in [-0.4, -0.2) is 42.6 Å². The van der Waals surface area contributed by atoms with Crippen molar-refractivity contribution >= 4 is 21.6 Å². The molecule has 0 saturated heterocycles. The van der Waals surface area contributed by atoms with E-state index in [9.17, 15) is 0 Å². The van der Waals surface area contributed by atoms with Gasteiger partial charge in [0.1, 0.15) is 0 Å². The summed E-state index contributed by atoms with van der Waals surface area (Å²) in [5, 5.41) is 0. The van der Waals surface area contributed by atoms with Crippen LogP contribution in [0.1, 0.15) is 26.2 Å². The normalized spacial score (nSPS) is 10.9. The lowest BCUT2D eigenvalue weighted by atomic mass is 10.2. The molecule has 0 aromatic heterocycles. The lowest BCUT2D eigenvalue weighted by Crippen LogP contribution is -2.27. The summed E-state index contributed by atoms with van der Waals surface area (Å²) in [6.07, 6.45) is 5.94. The standard InChI is InChI=1S/C12H26N2S2/c1-3-5-6-9-14(8-4-2)10-12-16-15-11-7-13/h4H,2-3,5-13H2,1H3. The van der Waals surface area contributed by atoms with Gasteiger partial charge in [-0.05, 0) is 13.0 Å². The van der Waals surface area contributed by atoms with Gasteiger partial charge in [0.2, 0.25) is 0 Å². The van der Waals surface area contributed by atoms with Crippen molar-refractivity contribution in [3.63, 3.8) is 0 Å². The molecule has 0 aliphatic carbocycles. The molecule has 0 fully saturated rings. The van der Waals surface area contributed by atoms with Gasteiger partial charge in [-0.1, -0.05) is 47.4 Å². The van der Waals surface area contributed by atoms with E-state index in [2.05, 4.69) is 18.4 Å². The molecule has 0 aromatic carbocycles. The maximum absolute atomic E-state index is 5.44. The fraction of sp³-hybridized carbons (Fsp3) is 0.833. The predicted octanol–water partition coefficient (Wildman–Crippen LogP) is 3.00. The second kappa shape index (κ2) is 13.4. The lowest BCUT2D eigenvalue weighted by Gasteiger charge is -2.19. The summed E-state index contributed by atoms with van der Waals surface area (Å²) < 4.78 is 0. The lowest BCUT2D eigenvalue weighted by molar-refractivity contribution is 0.314. The van der Waals surface area contributed by atoms with Crippen LogP contribution in [-0.2, 0) is 0 Å². The average Bonchev–Trinajstić information content (AvgIpc) is 2.29. The molecular weight excluding hydrogens is 236 g/mol. The average molecular weight is 262 g/mol. The maximum atomic E-state index is 5.44. The Morgan fingerprint density at radius 2 is 1.94 bits per heavy atom. The van der Waals surface area contributed by atoms with Crippen LogP contribution in [0.4, 0.5) is 0 Å². The van der Waals surface area contributed by atoms with Gasteiger partial charge in [-0.15, -0.1) is 6.58 Å². The van der Waals surface area contributed by atoms with E-state index in [1.165, 1.54) is 31.6 Å². The molecule has 0 spiro atoms. The zero-order valence-corrected chi connectivity index (χ0v) is 12.1. The van der Waals surface area contributed by atoms with Crippen LogP contribution in [0.3, 0.4) is 0 Å². The minimum Gasteiger partial charge on any atom is -0.330 e. The van der Waals surface area contributed by atoms with Gasteiger partial charge in [0.05, 0.1) is 0 Å². The summed E-state index contributed by atoms with van der Waals surface area (Å²) in [4.78, 5) is 2.48. The molecule has 0 radical (unpaired) electrons. The molecule has 0 unspecified atom stereocenters. The van der Waals surface area contributed by atoms with E-state index >= 15 is 0 Å². The molecule has 0 saturated carbocycles. The van der Waals surface area contributed by atoms with Crippen molar-refractivity contribution < 1.29 is 0 Å². The number of hydrogen-bond donors (Lipinski definition) is 1. The van der Waals surface area contributed by atoms with Crippen molar-refractivity contribution in [3.05, 3.63) is 12.7 Å². The predicted molar refractivity (Wildman–Crippen MR) is 80.1 cm³/mol. The molecule has 0 aliphatic heterocycles. The monoisotopic (exact) mass is 262 g/mol. The molecule has 0 aliphatic rings. The van der Waals surface area contributed by atoms with Crippen LogP contribution in [0.5, 0.6) is 0 Å².